The van der Waals surface area contributed by atoms with Gasteiger partial charge in [-0.15, -0.1) is 0 Å². The normalized spacial score (nSPS) is 11.7. The summed E-state index contributed by atoms with van der Waals surface area (Å²) in [4.78, 5) is 10.3. The smallest absolute Gasteiger partial charge is 0.303 e. The second kappa shape index (κ2) is 18.0. The first-order valence-electron chi connectivity index (χ1n) is 9.29. The van der Waals surface area contributed by atoms with E-state index >= 15 is 0 Å². The lowest BCUT2D eigenvalue weighted by Crippen LogP contribution is -1.93. The fourth-order valence-electron chi connectivity index (χ4n) is 2.42. The number of carbonyl (C=O) groups is 1. The number of unbranched alkanes of at least 4 members (excludes halogenated alkanes) is 10. The topological polar surface area (TPSA) is 37.3 Å². The van der Waals surface area contributed by atoms with E-state index in [-0.39, 0.29) is 0 Å². The Balaban J connectivity index is 3.16. The number of carboxylic acid groups (broad SMARTS) is 1. The Morgan fingerprint density at radius 3 is 1.68 bits per heavy atom. The Labute approximate surface area is 137 Å². The maximum absolute atomic E-state index is 10.3. The van der Waals surface area contributed by atoms with E-state index in [1.807, 2.05) is 0 Å². The first-order chi connectivity index (χ1) is 10.8. The van der Waals surface area contributed by atoms with Crippen molar-refractivity contribution in [2.75, 3.05) is 0 Å². The Morgan fingerprint density at radius 1 is 0.682 bits per heavy atom. The lowest BCUT2D eigenvalue weighted by Gasteiger charge is -1.99. The van der Waals surface area contributed by atoms with Crippen molar-refractivity contribution in [3.05, 3.63) is 24.3 Å². The fourth-order valence-corrected chi connectivity index (χ4v) is 2.42. The number of hydrogen-bond donors (Lipinski definition) is 1. The fraction of sp³-hybridized carbons (Fsp3) is 0.750. The van der Waals surface area contributed by atoms with Crippen LogP contribution in [0.1, 0.15) is 96.8 Å². The van der Waals surface area contributed by atoms with Crippen molar-refractivity contribution >= 4 is 5.97 Å². The Hall–Kier alpha value is -1.05. The van der Waals surface area contributed by atoms with Gasteiger partial charge in [-0.25, -0.2) is 0 Å². The molecule has 0 bridgehead atoms. The van der Waals surface area contributed by atoms with Gasteiger partial charge in [0.15, 0.2) is 0 Å². The van der Waals surface area contributed by atoms with Gasteiger partial charge in [0, 0.05) is 6.42 Å². The number of aliphatic carboxylic acids is 1. The summed E-state index contributed by atoms with van der Waals surface area (Å²) in [5.41, 5.74) is 0. The molecule has 0 atom stereocenters. The molecule has 22 heavy (non-hydrogen) atoms. The van der Waals surface area contributed by atoms with E-state index in [4.69, 9.17) is 5.11 Å². The molecule has 0 aliphatic heterocycles. The predicted molar refractivity (Wildman–Crippen MR) is 96.2 cm³/mol. The second-order valence-electron chi connectivity index (χ2n) is 6.07. The SMILES string of the molecule is CCCCC/C=C\CC/C=C\CCCCCCCCC(=O)O. The van der Waals surface area contributed by atoms with Gasteiger partial charge in [0.25, 0.3) is 0 Å². The quantitative estimate of drug-likeness (QED) is 0.255. The van der Waals surface area contributed by atoms with E-state index in [1.54, 1.807) is 0 Å². The van der Waals surface area contributed by atoms with Crippen molar-refractivity contribution in [2.45, 2.75) is 96.8 Å². The van der Waals surface area contributed by atoms with E-state index in [0.29, 0.717) is 6.42 Å². The largest absolute Gasteiger partial charge is 0.481 e. The molecule has 0 rings (SSSR count). The van der Waals surface area contributed by atoms with Crippen LogP contribution >= 0.6 is 0 Å². The molecule has 128 valence electrons. The summed E-state index contributed by atoms with van der Waals surface area (Å²) in [6.07, 6.45) is 25.2. The average Bonchev–Trinajstić information content (AvgIpc) is 2.50. The van der Waals surface area contributed by atoms with Gasteiger partial charge >= 0.3 is 5.97 Å². The zero-order valence-electron chi connectivity index (χ0n) is 14.6. The molecule has 0 spiro atoms. The zero-order valence-corrected chi connectivity index (χ0v) is 14.6. The molecule has 1 N–H and O–H groups in total. The Morgan fingerprint density at radius 2 is 1.14 bits per heavy atom. The van der Waals surface area contributed by atoms with Crippen molar-refractivity contribution in [2.24, 2.45) is 0 Å². The Bertz CT molecular complexity index is 292. The van der Waals surface area contributed by atoms with Gasteiger partial charge in [-0.2, -0.15) is 0 Å². The molecule has 0 amide bonds. The lowest BCUT2D eigenvalue weighted by atomic mass is 10.1. The summed E-state index contributed by atoms with van der Waals surface area (Å²) in [6, 6.07) is 0. The number of carboxylic acids is 1. The highest BCUT2D eigenvalue weighted by Crippen LogP contribution is 2.09. The van der Waals surface area contributed by atoms with Crippen LogP contribution in [0.25, 0.3) is 0 Å². The van der Waals surface area contributed by atoms with Crippen molar-refractivity contribution in [3.63, 3.8) is 0 Å². The highest BCUT2D eigenvalue weighted by Gasteiger charge is 1.96. The Kier molecular flexibility index (Phi) is 17.1. The molecule has 0 aromatic heterocycles. The summed E-state index contributed by atoms with van der Waals surface area (Å²) < 4.78 is 0. The zero-order chi connectivity index (χ0) is 16.3. The van der Waals surface area contributed by atoms with Gasteiger partial charge in [-0.1, -0.05) is 69.8 Å². The van der Waals surface area contributed by atoms with Gasteiger partial charge in [-0.05, 0) is 44.9 Å². The molecule has 0 heterocycles. The molecule has 2 heteroatoms. The van der Waals surface area contributed by atoms with Gasteiger partial charge in [0.2, 0.25) is 0 Å². The van der Waals surface area contributed by atoms with Gasteiger partial charge < -0.3 is 5.11 Å². The second-order valence-corrected chi connectivity index (χ2v) is 6.07. The third-order valence-electron chi connectivity index (χ3n) is 3.82. The van der Waals surface area contributed by atoms with E-state index in [1.165, 1.54) is 70.6 Å². The maximum Gasteiger partial charge on any atom is 0.303 e. The van der Waals surface area contributed by atoms with Crippen LogP contribution in [0.2, 0.25) is 0 Å². The summed E-state index contributed by atoms with van der Waals surface area (Å²) in [5.74, 6) is -0.666. The van der Waals surface area contributed by atoms with Crippen molar-refractivity contribution in [3.8, 4) is 0 Å². The molecule has 0 aromatic rings. The third-order valence-corrected chi connectivity index (χ3v) is 3.82. The van der Waals surface area contributed by atoms with Crippen molar-refractivity contribution < 1.29 is 9.90 Å². The molecule has 0 aliphatic rings. The third kappa shape index (κ3) is 18.9. The van der Waals surface area contributed by atoms with Crippen LogP contribution in [-0.4, -0.2) is 11.1 Å². The monoisotopic (exact) mass is 308 g/mol. The van der Waals surface area contributed by atoms with Crippen LogP contribution in [0.4, 0.5) is 0 Å². The summed E-state index contributed by atoms with van der Waals surface area (Å²) in [5, 5.41) is 8.53. The van der Waals surface area contributed by atoms with Gasteiger partial charge in [-0.3, -0.25) is 4.79 Å². The predicted octanol–water partition coefficient (Wildman–Crippen LogP) is 6.66. The van der Waals surface area contributed by atoms with E-state index in [0.717, 1.165) is 12.8 Å². The molecule has 0 radical (unpaired) electrons. The van der Waals surface area contributed by atoms with Crippen LogP contribution in [0.3, 0.4) is 0 Å². The minimum atomic E-state index is -0.666. The number of allylic oxidation sites excluding steroid dienone is 4. The number of hydrogen-bond acceptors (Lipinski definition) is 1. The molecular weight excluding hydrogens is 272 g/mol. The summed E-state index contributed by atoms with van der Waals surface area (Å²) in [6.45, 7) is 2.24. The molecule has 0 fully saturated rings. The summed E-state index contributed by atoms with van der Waals surface area (Å²) >= 11 is 0. The maximum atomic E-state index is 10.3. The van der Waals surface area contributed by atoms with E-state index in [9.17, 15) is 4.79 Å². The van der Waals surface area contributed by atoms with Crippen LogP contribution in [-0.2, 0) is 4.79 Å². The highest BCUT2D eigenvalue weighted by atomic mass is 16.4. The number of rotatable bonds is 16. The molecule has 0 aromatic carbocycles. The molecular formula is C20H36O2. The molecule has 0 aliphatic carbocycles. The molecule has 0 unspecified atom stereocenters. The minimum absolute atomic E-state index is 0.329. The van der Waals surface area contributed by atoms with Crippen molar-refractivity contribution in [1.82, 2.24) is 0 Å². The first kappa shape index (κ1) is 20.9. The first-order valence-corrected chi connectivity index (χ1v) is 9.29. The molecule has 0 saturated heterocycles. The minimum Gasteiger partial charge on any atom is -0.481 e. The van der Waals surface area contributed by atoms with Gasteiger partial charge in [0.1, 0.15) is 0 Å². The van der Waals surface area contributed by atoms with E-state index in [2.05, 4.69) is 31.2 Å². The molecule has 0 saturated carbocycles. The van der Waals surface area contributed by atoms with Crippen LogP contribution in [0, 0.1) is 0 Å². The highest BCUT2D eigenvalue weighted by molar-refractivity contribution is 5.66. The van der Waals surface area contributed by atoms with Crippen LogP contribution in [0.5, 0.6) is 0 Å². The average molecular weight is 309 g/mol. The molecule has 2 nitrogen and oxygen atoms in total. The van der Waals surface area contributed by atoms with Crippen LogP contribution < -0.4 is 0 Å². The van der Waals surface area contributed by atoms with Crippen molar-refractivity contribution in [1.29, 1.82) is 0 Å². The lowest BCUT2D eigenvalue weighted by molar-refractivity contribution is -0.137. The standard InChI is InChI=1S/C20H36O2/c1-2-3-4-5-6-7-8-9-10-11-12-13-14-15-16-17-18-19-20(21)22/h6-7,10-11H,2-5,8-9,12-19H2,1H3,(H,21,22)/b7-6-,11-10-. The summed E-state index contributed by atoms with van der Waals surface area (Å²) in [7, 11) is 0. The van der Waals surface area contributed by atoms with Crippen LogP contribution in [0.15, 0.2) is 24.3 Å². The van der Waals surface area contributed by atoms with E-state index < -0.39 is 5.97 Å². The van der Waals surface area contributed by atoms with Gasteiger partial charge in [0.05, 0.1) is 0 Å².